The highest BCUT2D eigenvalue weighted by molar-refractivity contribution is 5.87. The Morgan fingerprint density at radius 2 is 2.00 bits per heavy atom. The van der Waals surface area contributed by atoms with Crippen molar-refractivity contribution in [3.8, 4) is 11.5 Å². The van der Waals surface area contributed by atoms with Crippen LogP contribution in [0.2, 0.25) is 0 Å². The second kappa shape index (κ2) is 8.03. The van der Waals surface area contributed by atoms with Crippen molar-refractivity contribution >= 4 is 12.0 Å². The highest BCUT2D eigenvalue weighted by Gasteiger charge is 2.03. The molecule has 0 amide bonds. The Balaban J connectivity index is 1.86. The summed E-state index contributed by atoms with van der Waals surface area (Å²) in [5.41, 5.74) is 3.11. The maximum atomic E-state index is 11.7. The fraction of sp³-hybridized carbons (Fsp3) is 0.211. The van der Waals surface area contributed by atoms with E-state index in [0.29, 0.717) is 18.8 Å². The molecule has 0 unspecified atom stereocenters. The summed E-state index contributed by atoms with van der Waals surface area (Å²) < 4.78 is 10.2. The zero-order valence-electron chi connectivity index (χ0n) is 13.3. The minimum absolute atomic E-state index is 0.0606. The monoisotopic (exact) mass is 312 g/mol. The zero-order chi connectivity index (χ0) is 16.7. The molecule has 0 aromatic heterocycles. The Bertz CT molecular complexity index is 704. The molecule has 0 spiro atoms. The van der Waals surface area contributed by atoms with Crippen molar-refractivity contribution in [2.45, 2.75) is 13.3 Å². The van der Waals surface area contributed by atoms with Crippen LogP contribution in [-0.2, 0) is 16.0 Å². The van der Waals surface area contributed by atoms with Gasteiger partial charge in [0.05, 0.1) is 13.7 Å². The van der Waals surface area contributed by atoms with E-state index in [1.807, 2.05) is 31.2 Å². The number of carbonyl (C=O) groups is 1. The molecule has 0 aliphatic carbocycles. The van der Waals surface area contributed by atoms with Crippen LogP contribution < -0.4 is 4.74 Å². The second-order valence-electron chi connectivity index (χ2n) is 5.11. The number of hydrogen-bond acceptors (Lipinski definition) is 4. The quantitative estimate of drug-likeness (QED) is 0.655. The van der Waals surface area contributed by atoms with E-state index in [1.165, 1.54) is 30.4 Å². The molecule has 120 valence electrons. The molecular weight excluding hydrogens is 292 g/mol. The van der Waals surface area contributed by atoms with Crippen molar-refractivity contribution in [3.63, 3.8) is 0 Å². The van der Waals surface area contributed by atoms with Crippen LogP contribution in [0.1, 0.15) is 16.7 Å². The first kappa shape index (κ1) is 16.6. The molecule has 4 nitrogen and oxygen atoms in total. The van der Waals surface area contributed by atoms with E-state index in [4.69, 9.17) is 9.47 Å². The standard InChI is InChI=1S/C19H20O4/c1-14-5-3-4-6-16(14)11-12-23-19(21)10-8-15-7-9-17(20)18(13-15)22-2/h3-10,13,20H,11-12H2,1-2H3/b10-8+. The zero-order valence-corrected chi connectivity index (χ0v) is 13.3. The lowest BCUT2D eigenvalue weighted by atomic mass is 10.1. The fourth-order valence-electron chi connectivity index (χ4n) is 2.16. The lowest BCUT2D eigenvalue weighted by molar-refractivity contribution is -0.137. The number of phenolic OH excluding ortho intramolecular Hbond substituents is 1. The van der Waals surface area contributed by atoms with E-state index in [1.54, 1.807) is 18.2 Å². The van der Waals surface area contributed by atoms with Crippen LogP contribution >= 0.6 is 0 Å². The molecule has 0 fully saturated rings. The first-order chi connectivity index (χ1) is 11.1. The Morgan fingerprint density at radius 3 is 2.74 bits per heavy atom. The number of aryl methyl sites for hydroxylation is 1. The topological polar surface area (TPSA) is 55.8 Å². The molecule has 1 N–H and O–H groups in total. The number of carbonyl (C=O) groups excluding carboxylic acids is 1. The average Bonchev–Trinajstić information content (AvgIpc) is 2.56. The summed E-state index contributed by atoms with van der Waals surface area (Å²) in [5, 5.41) is 9.52. The molecule has 23 heavy (non-hydrogen) atoms. The maximum absolute atomic E-state index is 11.7. The van der Waals surface area contributed by atoms with Gasteiger partial charge in [-0.3, -0.25) is 0 Å². The fourth-order valence-corrected chi connectivity index (χ4v) is 2.16. The van der Waals surface area contributed by atoms with Crippen molar-refractivity contribution in [1.82, 2.24) is 0 Å². The van der Waals surface area contributed by atoms with Gasteiger partial charge in [0.1, 0.15) is 0 Å². The van der Waals surface area contributed by atoms with Crippen molar-refractivity contribution in [2.75, 3.05) is 13.7 Å². The molecule has 0 atom stereocenters. The predicted octanol–water partition coefficient (Wildman–Crippen LogP) is 3.51. The normalized spacial score (nSPS) is 10.7. The molecule has 0 radical (unpaired) electrons. The van der Waals surface area contributed by atoms with Crippen molar-refractivity contribution in [3.05, 3.63) is 65.2 Å². The van der Waals surface area contributed by atoms with Gasteiger partial charge in [-0.15, -0.1) is 0 Å². The largest absolute Gasteiger partial charge is 0.504 e. The van der Waals surface area contributed by atoms with Crippen molar-refractivity contribution in [2.24, 2.45) is 0 Å². The third kappa shape index (κ3) is 4.88. The summed E-state index contributed by atoms with van der Waals surface area (Å²) in [7, 11) is 1.47. The summed E-state index contributed by atoms with van der Waals surface area (Å²) in [6.45, 7) is 2.38. The molecule has 4 heteroatoms. The minimum Gasteiger partial charge on any atom is -0.504 e. The maximum Gasteiger partial charge on any atom is 0.330 e. The first-order valence-corrected chi connectivity index (χ1v) is 7.36. The molecule has 0 saturated heterocycles. The van der Waals surface area contributed by atoms with Crippen LogP contribution in [-0.4, -0.2) is 24.8 Å². The first-order valence-electron chi connectivity index (χ1n) is 7.36. The van der Waals surface area contributed by atoms with Gasteiger partial charge in [-0.1, -0.05) is 30.3 Å². The van der Waals surface area contributed by atoms with Crippen molar-refractivity contribution in [1.29, 1.82) is 0 Å². The summed E-state index contributed by atoms with van der Waals surface area (Å²) >= 11 is 0. The Kier molecular flexibility index (Phi) is 5.80. The molecule has 2 aromatic rings. The Morgan fingerprint density at radius 1 is 1.22 bits per heavy atom. The predicted molar refractivity (Wildman–Crippen MR) is 89.5 cm³/mol. The molecule has 0 aliphatic heterocycles. The lowest BCUT2D eigenvalue weighted by Gasteiger charge is -2.06. The highest BCUT2D eigenvalue weighted by atomic mass is 16.5. The summed E-state index contributed by atoms with van der Waals surface area (Å²) in [6, 6.07) is 12.9. The van der Waals surface area contributed by atoms with Crippen LogP contribution in [0.15, 0.2) is 48.5 Å². The van der Waals surface area contributed by atoms with Gasteiger partial charge >= 0.3 is 5.97 Å². The number of benzene rings is 2. The van der Waals surface area contributed by atoms with Gasteiger partial charge in [0, 0.05) is 12.5 Å². The van der Waals surface area contributed by atoms with Crippen LogP contribution in [0.3, 0.4) is 0 Å². The molecule has 0 bridgehead atoms. The molecule has 2 aromatic carbocycles. The van der Waals surface area contributed by atoms with Gasteiger partial charge in [-0.2, -0.15) is 0 Å². The van der Waals surface area contributed by atoms with Gasteiger partial charge in [-0.25, -0.2) is 4.79 Å². The summed E-state index contributed by atoms with van der Waals surface area (Å²) in [5.74, 6) is 0.0242. The van der Waals surface area contributed by atoms with Crippen LogP contribution in [0, 0.1) is 6.92 Å². The number of ether oxygens (including phenoxy) is 2. The van der Waals surface area contributed by atoms with E-state index >= 15 is 0 Å². The van der Waals surface area contributed by atoms with Gasteiger partial charge in [-0.05, 0) is 41.8 Å². The summed E-state index contributed by atoms with van der Waals surface area (Å²) in [6.07, 6.45) is 3.68. The van der Waals surface area contributed by atoms with Crippen LogP contribution in [0.25, 0.3) is 6.08 Å². The van der Waals surface area contributed by atoms with E-state index in [0.717, 1.165) is 5.56 Å². The molecule has 0 heterocycles. The third-order valence-electron chi connectivity index (χ3n) is 3.49. The second-order valence-corrected chi connectivity index (χ2v) is 5.11. The smallest absolute Gasteiger partial charge is 0.330 e. The number of aromatic hydroxyl groups is 1. The number of esters is 1. The van der Waals surface area contributed by atoms with E-state index in [2.05, 4.69) is 0 Å². The SMILES string of the molecule is COc1cc(/C=C/C(=O)OCCc2ccccc2C)ccc1O. The van der Waals surface area contributed by atoms with Gasteiger partial charge in [0.25, 0.3) is 0 Å². The molecular formula is C19H20O4. The minimum atomic E-state index is -0.398. The molecule has 2 rings (SSSR count). The van der Waals surface area contributed by atoms with E-state index in [-0.39, 0.29) is 5.75 Å². The van der Waals surface area contributed by atoms with Crippen molar-refractivity contribution < 1.29 is 19.4 Å². The number of rotatable bonds is 6. The number of hydrogen-bond donors (Lipinski definition) is 1. The van der Waals surface area contributed by atoms with Gasteiger partial charge in [0.2, 0.25) is 0 Å². The number of methoxy groups -OCH3 is 1. The van der Waals surface area contributed by atoms with E-state index < -0.39 is 5.97 Å². The highest BCUT2D eigenvalue weighted by Crippen LogP contribution is 2.26. The van der Waals surface area contributed by atoms with Crippen LogP contribution in [0.5, 0.6) is 11.5 Å². The number of phenols is 1. The summed E-state index contributed by atoms with van der Waals surface area (Å²) in [4.78, 5) is 11.7. The molecule has 0 saturated carbocycles. The average molecular weight is 312 g/mol. The lowest BCUT2D eigenvalue weighted by Crippen LogP contribution is -2.05. The molecule has 0 aliphatic rings. The van der Waals surface area contributed by atoms with Crippen LogP contribution in [0.4, 0.5) is 0 Å². The van der Waals surface area contributed by atoms with E-state index in [9.17, 15) is 9.90 Å². The Labute approximate surface area is 136 Å². The van der Waals surface area contributed by atoms with Gasteiger partial charge < -0.3 is 14.6 Å². The van der Waals surface area contributed by atoms with Gasteiger partial charge in [0.15, 0.2) is 11.5 Å². The third-order valence-corrected chi connectivity index (χ3v) is 3.49. The Hall–Kier alpha value is -2.75.